The summed E-state index contributed by atoms with van der Waals surface area (Å²) in [7, 11) is 0. The van der Waals surface area contributed by atoms with Crippen LogP contribution in [-0.4, -0.2) is 64.6 Å². The number of nitrogens with two attached hydrogens (primary N) is 1. The molecule has 0 aliphatic carbocycles. The van der Waals surface area contributed by atoms with Gasteiger partial charge in [0.1, 0.15) is 12.1 Å². The van der Waals surface area contributed by atoms with Crippen molar-refractivity contribution in [2.75, 3.05) is 18.4 Å². The minimum Gasteiger partial charge on any atom is -0.340 e. The van der Waals surface area contributed by atoms with Crippen LogP contribution < -0.4 is 16.4 Å². The Balaban J connectivity index is 1.48. The van der Waals surface area contributed by atoms with Gasteiger partial charge >= 0.3 is 6.03 Å². The Morgan fingerprint density at radius 1 is 1.06 bits per heavy atom. The van der Waals surface area contributed by atoms with E-state index >= 15 is 0 Å². The first-order valence-electron chi connectivity index (χ1n) is 12.3. The molecule has 1 unspecified atom stereocenters. The zero-order chi connectivity index (χ0) is 25.8. The highest BCUT2D eigenvalue weighted by molar-refractivity contribution is 6.02. The van der Waals surface area contributed by atoms with E-state index in [0.29, 0.717) is 37.2 Å². The second kappa shape index (κ2) is 10.9. The molecular formula is C27H33N5O4. The van der Waals surface area contributed by atoms with Crippen LogP contribution in [0.4, 0.5) is 10.5 Å². The maximum absolute atomic E-state index is 13.6. The maximum Gasteiger partial charge on any atom is 0.322 e. The highest BCUT2D eigenvalue weighted by Crippen LogP contribution is 2.31. The number of hydrogen-bond acceptors (Lipinski definition) is 5. The number of benzene rings is 2. The normalized spacial score (nSPS) is 19.8. The number of urea groups is 1. The van der Waals surface area contributed by atoms with Crippen molar-refractivity contribution >= 4 is 29.3 Å². The fourth-order valence-corrected chi connectivity index (χ4v) is 5.03. The molecule has 4 amide bonds. The van der Waals surface area contributed by atoms with E-state index in [9.17, 15) is 19.2 Å². The quantitative estimate of drug-likeness (QED) is 0.548. The second-order valence-electron chi connectivity index (χ2n) is 9.78. The van der Waals surface area contributed by atoms with Gasteiger partial charge in [-0.2, -0.15) is 0 Å². The molecule has 2 aromatic rings. The summed E-state index contributed by atoms with van der Waals surface area (Å²) in [6.45, 7) is 4.56. The number of Topliss-reactive ketones (excluding diaryl/α,β-unsaturated/α-hetero) is 1. The molecular weight excluding hydrogens is 458 g/mol. The molecule has 2 heterocycles. The summed E-state index contributed by atoms with van der Waals surface area (Å²) in [6.07, 6.45) is 0.937. The topological polar surface area (TPSA) is 125 Å². The lowest BCUT2D eigenvalue weighted by Crippen LogP contribution is -2.53. The number of nitrogens with zero attached hydrogens (tertiary/aromatic N) is 2. The number of rotatable bonds is 7. The summed E-state index contributed by atoms with van der Waals surface area (Å²) < 4.78 is 0. The molecule has 190 valence electrons. The van der Waals surface area contributed by atoms with E-state index in [-0.39, 0.29) is 42.1 Å². The minimum atomic E-state index is -0.780. The van der Waals surface area contributed by atoms with Crippen LogP contribution in [0, 0.1) is 5.92 Å². The minimum absolute atomic E-state index is 0.0507. The summed E-state index contributed by atoms with van der Waals surface area (Å²) in [6, 6.07) is 13.8. The SMILES string of the molecule is CC(C)C[C@H](NC(=O)c1cccc(CN)c1)C(=O)N1CC[C@H]2C1C(=O)CN2C(=O)Nc1ccccc1. The van der Waals surface area contributed by atoms with E-state index in [1.54, 1.807) is 35.2 Å². The Bertz CT molecular complexity index is 1140. The Kier molecular flexibility index (Phi) is 7.69. The second-order valence-corrected chi connectivity index (χ2v) is 9.78. The molecule has 0 bridgehead atoms. The Morgan fingerprint density at radius 3 is 2.50 bits per heavy atom. The molecule has 0 radical (unpaired) electrons. The van der Waals surface area contributed by atoms with Crippen molar-refractivity contribution in [3.63, 3.8) is 0 Å². The van der Waals surface area contributed by atoms with E-state index in [4.69, 9.17) is 5.73 Å². The Hall–Kier alpha value is -3.72. The van der Waals surface area contributed by atoms with Crippen molar-refractivity contribution in [3.05, 3.63) is 65.7 Å². The van der Waals surface area contributed by atoms with E-state index < -0.39 is 12.1 Å². The molecule has 0 saturated carbocycles. The monoisotopic (exact) mass is 491 g/mol. The largest absolute Gasteiger partial charge is 0.340 e. The third kappa shape index (κ3) is 5.41. The van der Waals surface area contributed by atoms with E-state index in [1.807, 2.05) is 38.1 Å². The number of carbonyl (C=O) groups excluding carboxylic acids is 4. The molecule has 36 heavy (non-hydrogen) atoms. The number of fused-ring (bicyclic) bond motifs is 1. The van der Waals surface area contributed by atoms with Crippen LogP contribution in [0.15, 0.2) is 54.6 Å². The average Bonchev–Trinajstić information content (AvgIpc) is 3.45. The molecule has 9 heteroatoms. The number of ketones is 1. The molecule has 2 aliphatic rings. The Morgan fingerprint density at radius 2 is 1.81 bits per heavy atom. The lowest BCUT2D eigenvalue weighted by Gasteiger charge is -2.29. The number of likely N-dealkylation sites (tertiary alicyclic amines) is 2. The highest BCUT2D eigenvalue weighted by atomic mass is 16.2. The van der Waals surface area contributed by atoms with Gasteiger partial charge in [-0.05, 0) is 48.6 Å². The maximum atomic E-state index is 13.6. The molecule has 2 aliphatic heterocycles. The van der Waals surface area contributed by atoms with Crippen molar-refractivity contribution in [2.24, 2.45) is 11.7 Å². The van der Waals surface area contributed by atoms with Crippen molar-refractivity contribution in [1.82, 2.24) is 15.1 Å². The molecule has 4 rings (SSSR count). The van der Waals surface area contributed by atoms with Crippen LogP contribution in [-0.2, 0) is 16.1 Å². The predicted octanol–water partition coefficient (Wildman–Crippen LogP) is 2.38. The van der Waals surface area contributed by atoms with Crippen molar-refractivity contribution in [3.8, 4) is 0 Å². The van der Waals surface area contributed by atoms with Crippen LogP contribution in [0.25, 0.3) is 0 Å². The lowest BCUT2D eigenvalue weighted by molar-refractivity contribution is -0.138. The van der Waals surface area contributed by atoms with Gasteiger partial charge in [0.15, 0.2) is 5.78 Å². The van der Waals surface area contributed by atoms with Gasteiger partial charge in [0.2, 0.25) is 5.91 Å². The molecule has 0 aromatic heterocycles. The molecule has 4 N–H and O–H groups in total. The number of para-hydroxylation sites is 1. The Labute approximate surface area is 211 Å². The first-order chi connectivity index (χ1) is 17.3. The average molecular weight is 492 g/mol. The first-order valence-corrected chi connectivity index (χ1v) is 12.3. The van der Waals surface area contributed by atoms with Crippen molar-refractivity contribution < 1.29 is 19.2 Å². The van der Waals surface area contributed by atoms with Gasteiger partial charge in [-0.1, -0.05) is 44.2 Å². The molecule has 2 aromatic carbocycles. The van der Waals surface area contributed by atoms with Gasteiger partial charge < -0.3 is 26.2 Å². The number of hydrogen-bond donors (Lipinski definition) is 3. The van der Waals surface area contributed by atoms with E-state index in [1.165, 1.54) is 4.90 Å². The van der Waals surface area contributed by atoms with Crippen LogP contribution in [0.3, 0.4) is 0 Å². The fraction of sp³-hybridized carbons (Fsp3) is 0.407. The summed E-state index contributed by atoms with van der Waals surface area (Å²) >= 11 is 0. The third-order valence-electron chi connectivity index (χ3n) is 6.73. The molecule has 2 fully saturated rings. The van der Waals surface area contributed by atoms with Gasteiger partial charge in [-0.15, -0.1) is 0 Å². The van der Waals surface area contributed by atoms with Gasteiger partial charge in [0, 0.05) is 24.3 Å². The van der Waals surface area contributed by atoms with Gasteiger partial charge in [-0.25, -0.2) is 4.79 Å². The number of nitrogens with one attached hydrogen (secondary N) is 2. The zero-order valence-electron chi connectivity index (χ0n) is 20.6. The fourth-order valence-electron chi connectivity index (χ4n) is 5.03. The number of amides is 4. The molecule has 0 spiro atoms. The van der Waals surface area contributed by atoms with Crippen LogP contribution in [0.1, 0.15) is 42.6 Å². The van der Waals surface area contributed by atoms with Crippen molar-refractivity contribution in [2.45, 2.75) is 51.4 Å². The summed E-state index contributed by atoms with van der Waals surface area (Å²) in [4.78, 5) is 55.6. The van der Waals surface area contributed by atoms with Crippen LogP contribution >= 0.6 is 0 Å². The standard InChI is InChI=1S/C27H33N5O4/c1-17(2)13-21(30-25(34)19-8-6-7-18(14-19)15-28)26(35)31-12-11-22-24(31)23(33)16-32(22)27(36)29-20-9-4-3-5-10-20/h3-10,14,17,21-22,24H,11-13,15-16,28H2,1-2H3,(H,29,36)(H,30,34)/t21-,22-,24?/m0/s1. The summed E-state index contributed by atoms with van der Waals surface area (Å²) in [5.41, 5.74) is 7.59. The first kappa shape index (κ1) is 25.4. The van der Waals surface area contributed by atoms with Crippen molar-refractivity contribution in [1.29, 1.82) is 0 Å². The van der Waals surface area contributed by atoms with Crippen LogP contribution in [0.5, 0.6) is 0 Å². The smallest absolute Gasteiger partial charge is 0.322 e. The molecule has 3 atom stereocenters. The highest BCUT2D eigenvalue weighted by Gasteiger charge is 2.52. The van der Waals surface area contributed by atoms with Crippen LogP contribution in [0.2, 0.25) is 0 Å². The summed E-state index contributed by atoms with van der Waals surface area (Å²) in [5.74, 6) is -0.681. The number of anilines is 1. The van der Waals surface area contributed by atoms with E-state index in [0.717, 1.165) is 5.56 Å². The zero-order valence-corrected chi connectivity index (χ0v) is 20.6. The third-order valence-corrected chi connectivity index (χ3v) is 6.73. The van der Waals surface area contributed by atoms with Gasteiger partial charge in [0.25, 0.3) is 5.91 Å². The van der Waals surface area contributed by atoms with Gasteiger partial charge in [-0.3, -0.25) is 14.4 Å². The predicted molar refractivity (Wildman–Crippen MR) is 136 cm³/mol. The van der Waals surface area contributed by atoms with Gasteiger partial charge in [0.05, 0.1) is 12.6 Å². The summed E-state index contributed by atoms with van der Waals surface area (Å²) in [5, 5.41) is 5.71. The molecule has 2 saturated heterocycles. The lowest BCUT2D eigenvalue weighted by atomic mass is 10.0. The number of carbonyl (C=O) groups is 4. The van der Waals surface area contributed by atoms with E-state index in [2.05, 4.69) is 10.6 Å². The molecule has 9 nitrogen and oxygen atoms in total.